The second-order valence-corrected chi connectivity index (χ2v) is 4.70. The smallest absolute Gasteiger partial charge is 0.259 e. The zero-order chi connectivity index (χ0) is 10.2. The Balaban J connectivity index is 3.17. The number of aromatic nitrogens is 2. The number of halogens is 1. The molecule has 0 spiro atoms. The van der Waals surface area contributed by atoms with E-state index in [1.54, 1.807) is 4.68 Å². The van der Waals surface area contributed by atoms with Crippen LogP contribution in [0.2, 0.25) is 0 Å². The van der Waals surface area contributed by atoms with Gasteiger partial charge in [0.15, 0.2) is 3.70 Å². The van der Waals surface area contributed by atoms with Gasteiger partial charge >= 0.3 is 5.69 Å². The van der Waals surface area contributed by atoms with Gasteiger partial charge in [0.1, 0.15) is 6.20 Å². The summed E-state index contributed by atoms with van der Waals surface area (Å²) in [4.78, 5) is 10.1. The quantitative estimate of drug-likeness (QED) is 0.453. The monoisotopic (exact) mass is 295 g/mol. The zero-order valence-electron chi connectivity index (χ0n) is 7.61. The summed E-state index contributed by atoms with van der Waals surface area (Å²) in [6.45, 7) is 5.83. The Labute approximate surface area is 89.4 Å². The molecule has 0 aromatic carbocycles. The first-order valence-corrected chi connectivity index (χ1v) is 4.80. The van der Waals surface area contributed by atoms with Gasteiger partial charge in [-0.1, -0.05) is 0 Å². The van der Waals surface area contributed by atoms with Gasteiger partial charge in [0.2, 0.25) is 0 Å². The van der Waals surface area contributed by atoms with E-state index in [9.17, 15) is 10.1 Å². The molecule has 13 heavy (non-hydrogen) atoms. The first kappa shape index (κ1) is 10.4. The molecule has 0 bridgehead atoms. The Morgan fingerprint density at radius 2 is 2.15 bits per heavy atom. The van der Waals surface area contributed by atoms with Crippen LogP contribution >= 0.6 is 22.6 Å². The normalized spacial score (nSPS) is 11.7. The molecule has 1 aromatic heterocycles. The molecule has 0 aliphatic rings. The molecule has 0 saturated heterocycles. The van der Waals surface area contributed by atoms with Crippen LogP contribution in [-0.4, -0.2) is 14.7 Å². The van der Waals surface area contributed by atoms with Crippen LogP contribution in [0.5, 0.6) is 0 Å². The fourth-order valence-electron chi connectivity index (χ4n) is 0.810. The van der Waals surface area contributed by atoms with Crippen molar-refractivity contribution >= 4 is 28.3 Å². The molecule has 6 heteroatoms. The van der Waals surface area contributed by atoms with Crippen molar-refractivity contribution in [1.29, 1.82) is 0 Å². The molecule has 0 N–H and O–H groups in total. The summed E-state index contributed by atoms with van der Waals surface area (Å²) in [6, 6.07) is 0. The van der Waals surface area contributed by atoms with E-state index in [0.29, 0.717) is 3.70 Å². The maximum absolute atomic E-state index is 10.5. The Bertz CT molecular complexity index is 340. The van der Waals surface area contributed by atoms with Gasteiger partial charge in [-0.25, -0.2) is 0 Å². The summed E-state index contributed by atoms with van der Waals surface area (Å²) >= 11 is 1.86. The van der Waals surface area contributed by atoms with Gasteiger partial charge in [0, 0.05) is 0 Å². The molecule has 0 fully saturated rings. The third-order valence-electron chi connectivity index (χ3n) is 1.54. The number of hydrogen-bond donors (Lipinski definition) is 0. The molecule has 5 nitrogen and oxygen atoms in total. The molecule has 0 amide bonds. The van der Waals surface area contributed by atoms with Crippen LogP contribution < -0.4 is 0 Å². The van der Waals surface area contributed by atoms with E-state index >= 15 is 0 Å². The molecule has 0 aliphatic carbocycles. The summed E-state index contributed by atoms with van der Waals surface area (Å²) in [5.41, 5.74) is -0.149. The van der Waals surface area contributed by atoms with Gasteiger partial charge in [-0.2, -0.15) is 5.10 Å². The van der Waals surface area contributed by atoms with Gasteiger partial charge < -0.3 is 0 Å². The van der Waals surface area contributed by atoms with Crippen molar-refractivity contribution in [3.8, 4) is 0 Å². The van der Waals surface area contributed by atoms with Crippen LogP contribution in [0.15, 0.2) is 6.20 Å². The molecule has 0 unspecified atom stereocenters. The lowest BCUT2D eigenvalue weighted by atomic mass is 10.1. The van der Waals surface area contributed by atoms with E-state index < -0.39 is 4.92 Å². The maximum Gasteiger partial charge on any atom is 0.320 e. The van der Waals surface area contributed by atoms with Gasteiger partial charge in [0.05, 0.1) is 10.5 Å². The molecule has 1 heterocycles. The molecular formula is C7H10IN3O2. The Morgan fingerprint density at radius 1 is 1.62 bits per heavy atom. The summed E-state index contributed by atoms with van der Waals surface area (Å²) in [6.07, 6.45) is 1.46. The lowest BCUT2D eigenvalue weighted by Gasteiger charge is -2.17. The number of nitrogens with zero attached hydrogens (tertiary/aromatic N) is 3. The summed E-state index contributed by atoms with van der Waals surface area (Å²) in [7, 11) is 0. The highest BCUT2D eigenvalue weighted by atomic mass is 127. The van der Waals surface area contributed by atoms with Gasteiger partial charge in [0.25, 0.3) is 0 Å². The highest BCUT2D eigenvalue weighted by Gasteiger charge is 2.22. The minimum Gasteiger partial charge on any atom is -0.259 e. The molecule has 0 atom stereocenters. The van der Waals surface area contributed by atoms with Crippen LogP contribution in [0, 0.1) is 13.8 Å². The lowest BCUT2D eigenvalue weighted by molar-refractivity contribution is -0.385. The highest BCUT2D eigenvalue weighted by molar-refractivity contribution is 14.1. The molecule has 0 radical (unpaired) electrons. The number of nitro groups is 1. The van der Waals surface area contributed by atoms with E-state index in [-0.39, 0.29) is 11.2 Å². The van der Waals surface area contributed by atoms with E-state index in [1.807, 2.05) is 43.4 Å². The molecule has 0 saturated carbocycles. The number of rotatable bonds is 1. The van der Waals surface area contributed by atoms with E-state index in [1.165, 1.54) is 6.20 Å². The minimum absolute atomic E-state index is 0.0653. The van der Waals surface area contributed by atoms with Crippen LogP contribution in [0.1, 0.15) is 20.8 Å². The maximum atomic E-state index is 10.5. The molecular weight excluding hydrogens is 285 g/mol. The summed E-state index contributed by atoms with van der Waals surface area (Å²) in [5, 5.41) is 14.6. The fourth-order valence-corrected chi connectivity index (χ4v) is 1.38. The van der Waals surface area contributed by atoms with Crippen molar-refractivity contribution in [2.45, 2.75) is 26.3 Å². The zero-order valence-corrected chi connectivity index (χ0v) is 9.77. The Morgan fingerprint density at radius 3 is 2.38 bits per heavy atom. The molecule has 72 valence electrons. The third kappa shape index (κ3) is 2.17. The average molecular weight is 295 g/mol. The third-order valence-corrected chi connectivity index (χ3v) is 2.30. The number of hydrogen-bond acceptors (Lipinski definition) is 3. The Kier molecular flexibility index (Phi) is 2.60. The topological polar surface area (TPSA) is 61.0 Å². The second kappa shape index (κ2) is 3.24. The van der Waals surface area contributed by atoms with Gasteiger partial charge in [-0.3, -0.25) is 14.8 Å². The van der Waals surface area contributed by atoms with Crippen LogP contribution in [0.4, 0.5) is 5.69 Å². The minimum atomic E-state index is -0.420. The first-order chi connectivity index (χ1) is 5.82. The predicted octanol–water partition coefficient (Wildman–Crippen LogP) is 2.15. The standard InChI is InChI=1S/C7H10IN3O2/c1-7(2,3)10-4-5(11(12)13)6(8)9-10/h4H,1-3H3. The average Bonchev–Trinajstić information content (AvgIpc) is 2.29. The molecule has 1 rings (SSSR count). The second-order valence-electron chi connectivity index (χ2n) is 3.68. The summed E-state index contributed by atoms with van der Waals surface area (Å²) in [5.74, 6) is 0. The van der Waals surface area contributed by atoms with Crippen molar-refractivity contribution in [2.24, 2.45) is 0 Å². The van der Waals surface area contributed by atoms with E-state index in [2.05, 4.69) is 5.10 Å². The molecule has 0 aliphatic heterocycles. The van der Waals surface area contributed by atoms with Crippen LogP contribution in [-0.2, 0) is 5.54 Å². The Hall–Kier alpha value is -0.660. The van der Waals surface area contributed by atoms with Gasteiger partial charge in [-0.15, -0.1) is 0 Å². The van der Waals surface area contributed by atoms with Crippen molar-refractivity contribution in [3.05, 3.63) is 20.0 Å². The van der Waals surface area contributed by atoms with E-state index in [4.69, 9.17) is 0 Å². The summed E-state index contributed by atoms with van der Waals surface area (Å²) < 4.78 is 2.03. The van der Waals surface area contributed by atoms with Crippen molar-refractivity contribution in [2.75, 3.05) is 0 Å². The highest BCUT2D eigenvalue weighted by Crippen LogP contribution is 2.22. The lowest BCUT2D eigenvalue weighted by Crippen LogP contribution is -2.22. The SMILES string of the molecule is CC(C)(C)n1cc([N+](=O)[O-])c(I)n1. The van der Waals surface area contributed by atoms with Crippen molar-refractivity contribution in [1.82, 2.24) is 9.78 Å². The van der Waals surface area contributed by atoms with Gasteiger partial charge in [-0.05, 0) is 43.4 Å². The van der Waals surface area contributed by atoms with Crippen LogP contribution in [0.25, 0.3) is 0 Å². The van der Waals surface area contributed by atoms with Crippen molar-refractivity contribution < 1.29 is 4.92 Å². The van der Waals surface area contributed by atoms with E-state index in [0.717, 1.165) is 0 Å². The fraction of sp³-hybridized carbons (Fsp3) is 0.571. The van der Waals surface area contributed by atoms with Crippen LogP contribution in [0.3, 0.4) is 0 Å². The predicted molar refractivity (Wildman–Crippen MR) is 56.6 cm³/mol. The first-order valence-electron chi connectivity index (χ1n) is 3.72. The molecule has 1 aromatic rings. The van der Waals surface area contributed by atoms with Crippen molar-refractivity contribution in [3.63, 3.8) is 0 Å². The largest absolute Gasteiger partial charge is 0.320 e.